The van der Waals surface area contributed by atoms with Crippen LogP contribution in [0.3, 0.4) is 0 Å². The summed E-state index contributed by atoms with van der Waals surface area (Å²) in [7, 11) is 3.75. The molecule has 0 aromatic carbocycles. The number of carbonyl (C=O) groups excluding carboxylic acids is 2. The fourth-order valence-electron chi connectivity index (χ4n) is 2.29. The maximum absolute atomic E-state index is 12.3. The molecule has 0 unspecified atom stereocenters. The highest BCUT2D eigenvalue weighted by atomic mass is 79.9. The third kappa shape index (κ3) is 4.52. The molecule has 21 heavy (non-hydrogen) atoms. The quantitative estimate of drug-likeness (QED) is 0.810. The highest BCUT2D eigenvalue weighted by molar-refractivity contribution is 9.11. The molecular formula is C14H20BrN3O2S. The lowest BCUT2D eigenvalue weighted by Gasteiger charge is -2.24. The van der Waals surface area contributed by atoms with Gasteiger partial charge >= 0.3 is 0 Å². The molecule has 0 spiro atoms. The summed E-state index contributed by atoms with van der Waals surface area (Å²) in [6.45, 7) is 3.55. The van der Waals surface area contributed by atoms with Crippen LogP contribution in [0, 0.1) is 0 Å². The van der Waals surface area contributed by atoms with Crippen molar-refractivity contribution in [1.82, 2.24) is 14.7 Å². The number of nitrogens with zero attached hydrogens (tertiary/aromatic N) is 3. The Morgan fingerprint density at radius 3 is 2.71 bits per heavy atom. The number of hydrogen-bond acceptors (Lipinski definition) is 4. The molecule has 1 fully saturated rings. The van der Waals surface area contributed by atoms with Crippen LogP contribution in [-0.2, 0) is 4.79 Å². The summed E-state index contributed by atoms with van der Waals surface area (Å²) in [5.74, 6) is -0.0808. The first kappa shape index (κ1) is 16.5. The van der Waals surface area contributed by atoms with Crippen molar-refractivity contribution in [1.29, 1.82) is 0 Å². The van der Waals surface area contributed by atoms with Crippen LogP contribution >= 0.6 is 27.3 Å². The lowest BCUT2D eigenvalue weighted by Crippen LogP contribution is -2.42. The average molecular weight is 374 g/mol. The summed E-state index contributed by atoms with van der Waals surface area (Å²) in [6, 6.07) is 3.62. The second-order valence-electron chi connectivity index (χ2n) is 5.30. The molecule has 0 bridgehead atoms. The molecule has 5 nitrogen and oxygen atoms in total. The summed E-state index contributed by atoms with van der Waals surface area (Å²) in [5.41, 5.74) is 0. The van der Waals surface area contributed by atoms with Gasteiger partial charge in [0.1, 0.15) is 0 Å². The van der Waals surface area contributed by atoms with E-state index in [4.69, 9.17) is 0 Å². The molecule has 1 aromatic heterocycles. The molecule has 2 heterocycles. The first-order valence-corrected chi connectivity index (χ1v) is 8.55. The molecule has 0 aliphatic carbocycles. The van der Waals surface area contributed by atoms with Crippen LogP contribution < -0.4 is 0 Å². The number of thiophene rings is 1. The predicted molar refractivity (Wildman–Crippen MR) is 87.7 cm³/mol. The van der Waals surface area contributed by atoms with E-state index in [1.807, 2.05) is 11.0 Å². The summed E-state index contributed by atoms with van der Waals surface area (Å²) < 4.78 is 0.918. The van der Waals surface area contributed by atoms with E-state index in [0.29, 0.717) is 4.88 Å². The Morgan fingerprint density at radius 2 is 2.05 bits per heavy atom. The molecular weight excluding hydrogens is 354 g/mol. The monoisotopic (exact) mass is 373 g/mol. The zero-order chi connectivity index (χ0) is 15.4. The van der Waals surface area contributed by atoms with Crippen molar-refractivity contribution in [2.24, 2.45) is 0 Å². The summed E-state index contributed by atoms with van der Waals surface area (Å²) in [6.07, 6.45) is 0.984. The van der Waals surface area contributed by atoms with E-state index in [9.17, 15) is 9.59 Å². The van der Waals surface area contributed by atoms with Crippen LogP contribution in [0.2, 0.25) is 0 Å². The van der Waals surface area contributed by atoms with E-state index in [1.165, 1.54) is 16.2 Å². The van der Waals surface area contributed by atoms with Crippen molar-refractivity contribution in [3.8, 4) is 0 Å². The summed E-state index contributed by atoms with van der Waals surface area (Å²) in [4.78, 5) is 30.8. The second kappa shape index (κ2) is 7.38. The fraction of sp³-hybridized carbons (Fsp3) is 0.571. The maximum Gasteiger partial charge on any atom is 0.264 e. The molecule has 1 saturated heterocycles. The van der Waals surface area contributed by atoms with Gasteiger partial charge in [-0.1, -0.05) is 0 Å². The van der Waals surface area contributed by atoms with E-state index >= 15 is 0 Å². The largest absolute Gasteiger partial charge is 0.340 e. The molecule has 0 saturated carbocycles. The number of amides is 2. The molecule has 2 rings (SSSR count). The third-order valence-corrected chi connectivity index (χ3v) is 5.19. The van der Waals surface area contributed by atoms with E-state index < -0.39 is 0 Å². The van der Waals surface area contributed by atoms with Gasteiger partial charge in [-0.3, -0.25) is 9.59 Å². The minimum absolute atomic E-state index is 0.0248. The number of carbonyl (C=O) groups is 2. The van der Waals surface area contributed by atoms with Crippen LogP contribution in [-0.4, -0.2) is 73.3 Å². The summed E-state index contributed by atoms with van der Waals surface area (Å²) in [5, 5.41) is 0. The predicted octanol–water partition coefficient (Wildman–Crippen LogP) is 1.75. The Balaban J connectivity index is 1.90. The smallest absolute Gasteiger partial charge is 0.264 e. The van der Waals surface area contributed by atoms with Crippen LogP contribution in [0.4, 0.5) is 0 Å². The van der Waals surface area contributed by atoms with Crippen molar-refractivity contribution >= 4 is 39.1 Å². The second-order valence-corrected chi connectivity index (χ2v) is 7.77. The van der Waals surface area contributed by atoms with Crippen molar-refractivity contribution in [3.05, 3.63) is 20.8 Å². The zero-order valence-electron chi connectivity index (χ0n) is 12.3. The number of halogens is 1. The van der Waals surface area contributed by atoms with Crippen molar-refractivity contribution in [2.75, 3.05) is 46.8 Å². The van der Waals surface area contributed by atoms with Gasteiger partial charge in [0.2, 0.25) is 5.91 Å². The number of rotatable bonds is 3. The molecule has 0 radical (unpaired) electrons. The number of hydrogen-bond donors (Lipinski definition) is 0. The van der Waals surface area contributed by atoms with E-state index in [0.717, 1.165) is 36.4 Å². The first-order chi connectivity index (χ1) is 9.97. The third-order valence-electron chi connectivity index (χ3n) is 3.58. The molecule has 7 heteroatoms. The van der Waals surface area contributed by atoms with Crippen LogP contribution in [0.15, 0.2) is 15.9 Å². The van der Waals surface area contributed by atoms with Crippen molar-refractivity contribution in [2.45, 2.75) is 6.42 Å². The van der Waals surface area contributed by atoms with Crippen molar-refractivity contribution in [3.63, 3.8) is 0 Å². The lowest BCUT2D eigenvalue weighted by atomic mass is 10.3. The normalized spacial score (nSPS) is 16.6. The fourth-order valence-corrected chi connectivity index (χ4v) is 3.67. The first-order valence-electron chi connectivity index (χ1n) is 6.94. The number of likely N-dealkylation sites (N-methyl/N-ethyl adjacent to an activating group) is 2. The zero-order valence-corrected chi connectivity index (χ0v) is 14.7. The average Bonchev–Trinajstić information content (AvgIpc) is 2.75. The maximum atomic E-state index is 12.3. The minimum atomic E-state index is -0.106. The molecule has 1 aliphatic heterocycles. The Morgan fingerprint density at radius 1 is 1.29 bits per heavy atom. The molecule has 1 aromatic rings. The van der Waals surface area contributed by atoms with Gasteiger partial charge in [-0.05, 0) is 48.1 Å². The van der Waals surface area contributed by atoms with Crippen LogP contribution in [0.25, 0.3) is 0 Å². The van der Waals surface area contributed by atoms with E-state index in [1.54, 1.807) is 13.1 Å². The Kier molecular flexibility index (Phi) is 5.78. The van der Waals surface area contributed by atoms with Gasteiger partial charge in [0.05, 0.1) is 15.2 Å². The van der Waals surface area contributed by atoms with E-state index in [2.05, 4.69) is 27.9 Å². The standard InChI is InChI=1S/C14H20BrN3O2S/c1-16-6-3-7-18(9-8-16)13(19)10-17(2)14(20)11-4-5-12(15)21-11/h4-5H,3,6-10H2,1-2H3. The van der Waals surface area contributed by atoms with Crippen LogP contribution in [0.1, 0.15) is 16.1 Å². The highest BCUT2D eigenvalue weighted by Gasteiger charge is 2.21. The molecule has 116 valence electrons. The molecule has 2 amide bonds. The SMILES string of the molecule is CN1CCCN(C(=O)CN(C)C(=O)c2ccc(Br)s2)CC1. The topological polar surface area (TPSA) is 43.9 Å². The Hall–Kier alpha value is -0.920. The Bertz CT molecular complexity index is 520. The Labute approximate surface area is 137 Å². The van der Waals surface area contributed by atoms with Gasteiger partial charge in [-0.25, -0.2) is 0 Å². The van der Waals surface area contributed by atoms with Crippen LogP contribution in [0.5, 0.6) is 0 Å². The summed E-state index contributed by atoms with van der Waals surface area (Å²) >= 11 is 4.73. The molecule has 1 aliphatic rings. The van der Waals surface area contributed by atoms with Gasteiger partial charge < -0.3 is 14.7 Å². The minimum Gasteiger partial charge on any atom is -0.340 e. The van der Waals surface area contributed by atoms with Gasteiger partial charge in [0, 0.05) is 26.7 Å². The van der Waals surface area contributed by atoms with E-state index in [-0.39, 0.29) is 18.4 Å². The molecule has 0 N–H and O–H groups in total. The van der Waals surface area contributed by atoms with Gasteiger partial charge in [-0.2, -0.15) is 0 Å². The van der Waals surface area contributed by atoms with Gasteiger partial charge in [-0.15, -0.1) is 11.3 Å². The molecule has 0 atom stereocenters. The van der Waals surface area contributed by atoms with Gasteiger partial charge in [0.15, 0.2) is 0 Å². The van der Waals surface area contributed by atoms with Gasteiger partial charge in [0.25, 0.3) is 5.91 Å². The highest BCUT2D eigenvalue weighted by Crippen LogP contribution is 2.23. The lowest BCUT2D eigenvalue weighted by molar-refractivity contribution is -0.131. The van der Waals surface area contributed by atoms with Crippen molar-refractivity contribution < 1.29 is 9.59 Å².